The zero-order valence-electron chi connectivity index (χ0n) is 12.1. The van der Waals surface area contributed by atoms with Crippen LogP contribution in [0.15, 0.2) is 42.5 Å². The molecule has 0 atom stereocenters. The van der Waals surface area contributed by atoms with E-state index in [1.807, 2.05) is 0 Å². The summed E-state index contributed by atoms with van der Waals surface area (Å²) in [5, 5.41) is 0. The molecule has 0 spiro atoms. The average Bonchev–Trinajstić information content (AvgIpc) is 2.53. The molecular formula is C18H22N2. The summed E-state index contributed by atoms with van der Waals surface area (Å²) in [6.45, 7) is 0.589. The molecule has 20 heavy (non-hydrogen) atoms. The van der Waals surface area contributed by atoms with Crippen molar-refractivity contribution in [3.63, 3.8) is 0 Å². The van der Waals surface area contributed by atoms with Crippen molar-refractivity contribution >= 4 is 11.4 Å². The Bertz CT molecular complexity index is 604. The van der Waals surface area contributed by atoms with Crippen LogP contribution in [0.4, 0.5) is 11.4 Å². The lowest BCUT2D eigenvalue weighted by Gasteiger charge is -2.23. The van der Waals surface area contributed by atoms with E-state index in [-0.39, 0.29) is 0 Å². The van der Waals surface area contributed by atoms with Gasteiger partial charge in [0.25, 0.3) is 0 Å². The highest BCUT2D eigenvalue weighted by Gasteiger charge is 2.11. The van der Waals surface area contributed by atoms with E-state index in [9.17, 15) is 0 Å². The molecule has 0 saturated carbocycles. The lowest BCUT2D eigenvalue weighted by molar-refractivity contribution is 0.685. The molecule has 0 radical (unpaired) electrons. The molecule has 104 valence electrons. The molecule has 2 N–H and O–H groups in total. The molecule has 0 fully saturated rings. The van der Waals surface area contributed by atoms with Crippen molar-refractivity contribution in [3.05, 3.63) is 59.2 Å². The van der Waals surface area contributed by atoms with Crippen molar-refractivity contribution in [2.24, 2.45) is 5.73 Å². The van der Waals surface area contributed by atoms with Gasteiger partial charge >= 0.3 is 0 Å². The van der Waals surface area contributed by atoms with Gasteiger partial charge in [-0.15, -0.1) is 0 Å². The first-order valence-electron chi connectivity index (χ1n) is 7.42. The summed E-state index contributed by atoms with van der Waals surface area (Å²) in [5.74, 6) is 0. The van der Waals surface area contributed by atoms with Gasteiger partial charge in [-0.25, -0.2) is 0 Å². The minimum absolute atomic E-state index is 0.589. The van der Waals surface area contributed by atoms with E-state index < -0.39 is 0 Å². The topological polar surface area (TPSA) is 29.3 Å². The van der Waals surface area contributed by atoms with Crippen LogP contribution in [0.1, 0.15) is 29.5 Å². The Labute approximate surface area is 121 Å². The summed E-state index contributed by atoms with van der Waals surface area (Å²) >= 11 is 0. The zero-order chi connectivity index (χ0) is 13.9. The minimum Gasteiger partial charge on any atom is -0.345 e. The number of hydrogen-bond donors (Lipinski definition) is 1. The van der Waals surface area contributed by atoms with Gasteiger partial charge in [0.2, 0.25) is 0 Å². The molecule has 0 unspecified atom stereocenters. The predicted octanol–water partition coefficient (Wildman–Crippen LogP) is 3.79. The van der Waals surface area contributed by atoms with Crippen LogP contribution in [-0.4, -0.2) is 7.05 Å². The second-order valence-electron chi connectivity index (χ2n) is 5.59. The van der Waals surface area contributed by atoms with Gasteiger partial charge in [-0.2, -0.15) is 0 Å². The predicted molar refractivity (Wildman–Crippen MR) is 85.5 cm³/mol. The molecule has 0 aliphatic heterocycles. The van der Waals surface area contributed by atoms with Crippen LogP contribution in [0.3, 0.4) is 0 Å². The summed E-state index contributed by atoms with van der Waals surface area (Å²) in [5.41, 5.74) is 12.4. The molecule has 0 bridgehead atoms. The fourth-order valence-electron chi connectivity index (χ4n) is 2.97. The smallest absolute Gasteiger partial charge is 0.0411 e. The molecule has 2 heteroatoms. The van der Waals surface area contributed by atoms with Gasteiger partial charge in [0, 0.05) is 25.0 Å². The maximum absolute atomic E-state index is 5.73. The maximum Gasteiger partial charge on any atom is 0.0411 e. The van der Waals surface area contributed by atoms with Crippen LogP contribution < -0.4 is 10.6 Å². The molecule has 0 aromatic heterocycles. The monoisotopic (exact) mass is 266 g/mol. The lowest BCUT2D eigenvalue weighted by Crippen LogP contribution is -2.12. The van der Waals surface area contributed by atoms with Crippen LogP contribution in [-0.2, 0) is 19.4 Å². The Balaban J connectivity index is 1.91. The van der Waals surface area contributed by atoms with Gasteiger partial charge in [-0.05, 0) is 66.6 Å². The van der Waals surface area contributed by atoms with Crippen molar-refractivity contribution in [1.29, 1.82) is 0 Å². The minimum atomic E-state index is 0.589. The summed E-state index contributed by atoms with van der Waals surface area (Å²) in [6, 6.07) is 15.3. The van der Waals surface area contributed by atoms with Gasteiger partial charge in [0.15, 0.2) is 0 Å². The fraction of sp³-hybridized carbons (Fsp3) is 0.333. The van der Waals surface area contributed by atoms with E-state index in [0.717, 1.165) is 0 Å². The van der Waals surface area contributed by atoms with Gasteiger partial charge in [-0.1, -0.05) is 18.2 Å². The number of hydrogen-bond acceptors (Lipinski definition) is 2. The van der Waals surface area contributed by atoms with E-state index in [2.05, 4.69) is 54.4 Å². The number of fused-ring (bicyclic) bond motifs is 1. The van der Waals surface area contributed by atoms with Crippen LogP contribution in [0.25, 0.3) is 0 Å². The summed E-state index contributed by atoms with van der Waals surface area (Å²) in [6.07, 6.45) is 5.12. The Kier molecular flexibility index (Phi) is 3.75. The van der Waals surface area contributed by atoms with Gasteiger partial charge in [0.05, 0.1) is 0 Å². The van der Waals surface area contributed by atoms with Crippen molar-refractivity contribution in [3.8, 4) is 0 Å². The number of anilines is 2. The highest BCUT2D eigenvalue weighted by Crippen LogP contribution is 2.29. The third-order valence-electron chi connectivity index (χ3n) is 4.25. The van der Waals surface area contributed by atoms with E-state index >= 15 is 0 Å². The highest BCUT2D eigenvalue weighted by atomic mass is 15.1. The van der Waals surface area contributed by atoms with Crippen molar-refractivity contribution < 1.29 is 0 Å². The Morgan fingerprint density at radius 2 is 1.70 bits per heavy atom. The van der Waals surface area contributed by atoms with Crippen molar-refractivity contribution in [1.82, 2.24) is 0 Å². The zero-order valence-corrected chi connectivity index (χ0v) is 12.1. The molecule has 0 amide bonds. The Morgan fingerprint density at radius 1 is 0.950 bits per heavy atom. The molecule has 2 nitrogen and oxygen atoms in total. The highest BCUT2D eigenvalue weighted by molar-refractivity contribution is 5.64. The second-order valence-corrected chi connectivity index (χ2v) is 5.59. The summed E-state index contributed by atoms with van der Waals surface area (Å²) in [7, 11) is 2.13. The van der Waals surface area contributed by atoms with Gasteiger partial charge in [-0.3, -0.25) is 0 Å². The maximum atomic E-state index is 5.73. The van der Waals surface area contributed by atoms with Crippen LogP contribution >= 0.6 is 0 Å². The SMILES string of the molecule is CN(c1cccc(CN)c1)c1ccc2c(c1)CCCC2. The van der Waals surface area contributed by atoms with Crippen LogP contribution in [0.5, 0.6) is 0 Å². The number of aryl methyl sites for hydroxylation is 2. The Hall–Kier alpha value is -1.80. The largest absolute Gasteiger partial charge is 0.345 e. The molecule has 3 rings (SSSR count). The number of benzene rings is 2. The lowest BCUT2D eigenvalue weighted by atomic mass is 9.91. The number of nitrogens with two attached hydrogens (primary N) is 1. The molecular weight excluding hydrogens is 244 g/mol. The Morgan fingerprint density at radius 3 is 2.50 bits per heavy atom. The van der Waals surface area contributed by atoms with E-state index in [0.29, 0.717) is 6.54 Å². The van der Waals surface area contributed by atoms with E-state index in [1.54, 1.807) is 0 Å². The normalized spacial score (nSPS) is 13.9. The molecule has 2 aromatic rings. The standard InChI is InChI=1S/C18H22N2/c1-20(17-8-4-5-14(11-17)13-19)18-10-9-15-6-2-3-7-16(15)12-18/h4-5,8-12H,2-3,6-7,13,19H2,1H3. The van der Waals surface area contributed by atoms with Crippen LogP contribution in [0.2, 0.25) is 0 Å². The first-order valence-corrected chi connectivity index (χ1v) is 7.42. The third kappa shape index (κ3) is 2.56. The first-order chi connectivity index (χ1) is 9.78. The van der Waals surface area contributed by atoms with Gasteiger partial charge in [0.1, 0.15) is 0 Å². The van der Waals surface area contributed by atoms with Crippen molar-refractivity contribution in [2.75, 3.05) is 11.9 Å². The summed E-state index contributed by atoms with van der Waals surface area (Å²) in [4.78, 5) is 2.24. The molecule has 1 aliphatic rings. The molecule has 2 aromatic carbocycles. The summed E-state index contributed by atoms with van der Waals surface area (Å²) < 4.78 is 0. The fourth-order valence-corrected chi connectivity index (χ4v) is 2.97. The number of nitrogens with zero attached hydrogens (tertiary/aromatic N) is 1. The van der Waals surface area contributed by atoms with Crippen LogP contribution in [0, 0.1) is 0 Å². The van der Waals surface area contributed by atoms with E-state index in [4.69, 9.17) is 5.73 Å². The first kappa shape index (κ1) is 13.2. The number of rotatable bonds is 3. The average molecular weight is 266 g/mol. The quantitative estimate of drug-likeness (QED) is 0.915. The molecule has 1 aliphatic carbocycles. The molecule has 0 saturated heterocycles. The third-order valence-corrected chi connectivity index (χ3v) is 4.25. The van der Waals surface area contributed by atoms with Crippen molar-refractivity contribution in [2.45, 2.75) is 32.2 Å². The van der Waals surface area contributed by atoms with Gasteiger partial charge < -0.3 is 10.6 Å². The molecule has 0 heterocycles. The second kappa shape index (κ2) is 5.68. The van der Waals surface area contributed by atoms with E-state index in [1.165, 1.54) is 53.7 Å².